The Morgan fingerprint density at radius 1 is 1.07 bits per heavy atom. The van der Waals surface area contributed by atoms with E-state index in [1.807, 2.05) is 73.8 Å². The van der Waals surface area contributed by atoms with Gasteiger partial charge < -0.3 is 10.1 Å². The molecule has 1 heterocycles. The molecule has 3 aromatic rings. The minimum atomic E-state index is -0.530. The van der Waals surface area contributed by atoms with Crippen molar-refractivity contribution in [3.63, 3.8) is 0 Å². The quantitative estimate of drug-likeness (QED) is 0.412. The van der Waals surface area contributed by atoms with Crippen LogP contribution >= 0.6 is 11.8 Å². The van der Waals surface area contributed by atoms with Crippen LogP contribution in [0.1, 0.15) is 42.2 Å². The van der Waals surface area contributed by atoms with Crippen molar-refractivity contribution in [2.45, 2.75) is 31.3 Å². The van der Waals surface area contributed by atoms with Crippen LogP contribution in [0, 0.1) is 0 Å². The molecule has 1 unspecified atom stereocenters. The van der Waals surface area contributed by atoms with Crippen molar-refractivity contribution in [1.82, 2.24) is 9.55 Å². The van der Waals surface area contributed by atoms with Gasteiger partial charge in [0.15, 0.2) is 16.7 Å². The summed E-state index contributed by atoms with van der Waals surface area (Å²) in [5.74, 6) is -0.876. The van der Waals surface area contributed by atoms with Gasteiger partial charge in [-0.25, -0.2) is 9.78 Å². The van der Waals surface area contributed by atoms with Crippen molar-refractivity contribution in [1.29, 1.82) is 0 Å². The average Bonchev–Trinajstić information content (AvgIpc) is 3.14. The third-order valence-electron chi connectivity index (χ3n) is 4.68. The molecule has 0 aliphatic heterocycles. The largest absolute Gasteiger partial charge is 0.461 e. The van der Waals surface area contributed by atoms with E-state index in [2.05, 4.69) is 10.3 Å². The summed E-state index contributed by atoms with van der Waals surface area (Å²) in [4.78, 5) is 30.5. The van der Waals surface area contributed by atoms with Crippen LogP contribution in [-0.2, 0) is 9.53 Å². The predicted molar refractivity (Wildman–Crippen MR) is 119 cm³/mol. The van der Waals surface area contributed by atoms with Gasteiger partial charge in [-0.1, -0.05) is 67.2 Å². The van der Waals surface area contributed by atoms with Gasteiger partial charge in [0.2, 0.25) is 5.91 Å². The number of nitrogens with zero attached hydrogens (tertiary/aromatic N) is 2. The number of benzene rings is 2. The molecule has 30 heavy (non-hydrogen) atoms. The minimum absolute atomic E-state index is 0.209. The second-order valence-corrected chi connectivity index (χ2v) is 7.32. The Labute approximate surface area is 180 Å². The van der Waals surface area contributed by atoms with Crippen LogP contribution in [0.15, 0.2) is 65.8 Å². The molecule has 1 N–H and O–H groups in total. The standard InChI is InChI=1S/C23H25N3O3S/c1-4-18(16-12-8-6-9-13-16)21(27)24-20-19(22(28)29-5-2)26(23(25-20)30-3)17-14-10-7-11-15-17/h6-15,18H,4-5H2,1-3H3,(H,24,27). The summed E-state index contributed by atoms with van der Waals surface area (Å²) in [6.07, 6.45) is 2.50. The Balaban J connectivity index is 2.04. The lowest BCUT2D eigenvalue weighted by molar-refractivity contribution is -0.117. The van der Waals surface area contributed by atoms with E-state index in [9.17, 15) is 9.59 Å². The summed E-state index contributed by atoms with van der Waals surface area (Å²) in [5.41, 5.74) is 1.90. The van der Waals surface area contributed by atoms with Crippen molar-refractivity contribution < 1.29 is 14.3 Å². The maximum absolute atomic E-state index is 13.1. The van der Waals surface area contributed by atoms with E-state index in [4.69, 9.17) is 4.74 Å². The van der Waals surface area contributed by atoms with Gasteiger partial charge in [-0.15, -0.1) is 0 Å². The molecule has 2 aromatic carbocycles. The van der Waals surface area contributed by atoms with Crippen LogP contribution in [0.25, 0.3) is 5.69 Å². The maximum Gasteiger partial charge on any atom is 0.359 e. The topological polar surface area (TPSA) is 73.2 Å². The smallest absolute Gasteiger partial charge is 0.359 e. The number of aromatic nitrogens is 2. The lowest BCUT2D eigenvalue weighted by Crippen LogP contribution is -2.23. The SMILES string of the molecule is CCOC(=O)c1c(NC(=O)C(CC)c2ccccc2)nc(SC)n1-c1ccccc1. The Bertz CT molecular complexity index is 1000. The first-order valence-corrected chi connectivity index (χ1v) is 11.1. The number of amides is 1. The van der Waals surface area contributed by atoms with Gasteiger partial charge in [0.1, 0.15) is 0 Å². The zero-order chi connectivity index (χ0) is 21.5. The number of anilines is 1. The van der Waals surface area contributed by atoms with Gasteiger partial charge >= 0.3 is 5.97 Å². The third kappa shape index (κ3) is 4.57. The van der Waals surface area contributed by atoms with Crippen LogP contribution in [-0.4, -0.2) is 34.3 Å². The maximum atomic E-state index is 13.1. The lowest BCUT2D eigenvalue weighted by atomic mass is 9.96. The molecule has 0 aliphatic rings. The Kier molecular flexibility index (Phi) is 7.30. The molecular weight excluding hydrogens is 398 g/mol. The molecular formula is C23H25N3O3S. The average molecular weight is 424 g/mol. The highest BCUT2D eigenvalue weighted by Crippen LogP contribution is 2.30. The first kappa shape index (κ1) is 21.6. The lowest BCUT2D eigenvalue weighted by Gasteiger charge is -2.15. The molecule has 1 atom stereocenters. The number of esters is 1. The highest BCUT2D eigenvalue weighted by atomic mass is 32.2. The number of nitrogens with one attached hydrogen (secondary N) is 1. The molecule has 156 valence electrons. The number of ether oxygens (including phenoxy) is 1. The van der Waals surface area contributed by atoms with Crippen LogP contribution < -0.4 is 5.32 Å². The molecule has 0 radical (unpaired) electrons. The molecule has 0 saturated heterocycles. The van der Waals surface area contributed by atoms with Gasteiger partial charge in [0.25, 0.3) is 0 Å². The molecule has 0 saturated carbocycles. The number of para-hydroxylation sites is 1. The van der Waals surface area contributed by atoms with Gasteiger partial charge in [-0.05, 0) is 37.3 Å². The first-order valence-electron chi connectivity index (χ1n) is 9.85. The van der Waals surface area contributed by atoms with Crippen molar-refractivity contribution >= 4 is 29.5 Å². The molecule has 0 fully saturated rings. The van der Waals surface area contributed by atoms with E-state index in [-0.39, 0.29) is 29.9 Å². The van der Waals surface area contributed by atoms with Gasteiger partial charge in [0.05, 0.1) is 12.5 Å². The van der Waals surface area contributed by atoms with E-state index in [1.54, 1.807) is 11.5 Å². The number of imidazole rings is 1. The van der Waals surface area contributed by atoms with E-state index < -0.39 is 5.97 Å². The minimum Gasteiger partial charge on any atom is -0.461 e. The number of carbonyl (C=O) groups excluding carboxylic acids is 2. The van der Waals surface area contributed by atoms with Crippen LogP contribution in [0.3, 0.4) is 0 Å². The van der Waals surface area contributed by atoms with E-state index in [0.29, 0.717) is 11.6 Å². The van der Waals surface area contributed by atoms with Crippen LogP contribution in [0.5, 0.6) is 0 Å². The molecule has 0 spiro atoms. The molecule has 0 aliphatic carbocycles. The summed E-state index contributed by atoms with van der Waals surface area (Å²) < 4.78 is 7.01. The number of carbonyl (C=O) groups is 2. The fourth-order valence-corrected chi connectivity index (χ4v) is 3.85. The highest BCUT2D eigenvalue weighted by molar-refractivity contribution is 7.98. The predicted octanol–water partition coefficient (Wildman–Crippen LogP) is 4.90. The Morgan fingerprint density at radius 3 is 2.27 bits per heavy atom. The molecule has 7 heteroatoms. The van der Waals surface area contributed by atoms with Crippen molar-refractivity contribution in [2.24, 2.45) is 0 Å². The number of thioether (sulfide) groups is 1. The summed E-state index contributed by atoms with van der Waals surface area (Å²) in [6.45, 7) is 3.93. The molecule has 3 rings (SSSR count). The van der Waals surface area contributed by atoms with Crippen LogP contribution in [0.4, 0.5) is 5.82 Å². The van der Waals surface area contributed by atoms with Crippen molar-refractivity contribution in [3.8, 4) is 5.69 Å². The summed E-state index contributed by atoms with van der Waals surface area (Å²) in [7, 11) is 0. The molecule has 1 aromatic heterocycles. The van der Waals surface area contributed by atoms with E-state index in [1.165, 1.54) is 11.8 Å². The highest BCUT2D eigenvalue weighted by Gasteiger charge is 2.28. The molecule has 0 bridgehead atoms. The van der Waals surface area contributed by atoms with Crippen molar-refractivity contribution in [2.75, 3.05) is 18.2 Å². The van der Waals surface area contributed by atoms with Crippen molar-refractivity contribution in [3.05, 3.63) is 71.9 Å². The van der Waals surface area contributed by atoms with E-state index >= 15 is 0 Å². The zero-order valence-electron chi connectivity index (χ0n) is 17.3. The summed E-state index contributed by atoms with van der Waals surface area (Å²) in [6, 6.07) is 19.0. The van der Waals surface area contributed by atoms with Gasteiger partial charge in [-0.2, -0.15) is 0 Å². The fourth-order valence-electron chi connectivity index (χ4n) is 3.29. The Hall–Kier alpha value is -3.06. The molecule has 1 amide bonds. The summed E-state index contributed by atoms with van der Waals surface area (Å²) >= 11 is 1.39. The normalized spacial score (nSPS) is 11.7. The third-order valence-corrected chi connectivity index (χ3v) is 5.32. The zero-order valence-corrected chi connectivity index (χ0v) is 18.1. The Morgan fingerprint density at radius 2 is 1.70 bits per heavy atom. The number of hydrogen-bond donors (Lipinski definition) is 1. The summed E-state index contributed by atoms with van der Waals surface area (Å²) in [5, 5.41) is 3.47. The van der Waals surface area contributed by atoms with Gasteiger partial charge in [0, 0.05) is 5.69 Å². The van der Waals surface area contributed by atoms with E-state index in [0.717, 1.165) is 11.3 Å². The van der Waals surface area contributed by atoms with Crippen LogP contribution in [0.2, 0.25) is 0 Å². The number of hydrogen-bond acceptors (Lipinski definition) is 5. The fraction of sp³-hybridized carbons (Fsp3) is 0.261. The number of rotatable bonds is 8. The monoisotopic (exact) mass is 423 g/mol. The second-order valence-electron chi connectivity index (χ2n) is 6.55. The second kappa shape index (κ2) is 10.1. The van der Waals surface area contributed by atoms with Gasteiger partial charge in [-0.3, -0.25) is 9.36 Å². The molecule has 6 nitrogen and oxygen atoms in total. The first-order chi connectivity index (χ1) is 14.6.